The fourth-order valence-electron chi connectivity index (χ4n) is 1.44. The van der Waals surface area contributed by atoms with Crippen LogP contribution in [0.4, 0.5) is 0 Å². The first kappa shape index (κ1) is 12.0. The standard InChI is InChI=1S/C13H15ClN2O/c1-10(2)16-9-13(8-15-16)17-12-5-3-11(7-14)4-6-12/h3-6,8-10H,7H2,1-2H3. The van der Waals surface area contributed by atoms with Gasteiger partial charge in [0.15, 0.2) is 5.75 Å². The molecule has 1 aromatic carbocycles. The molecule has 0 saturated carbocycles. The number of hydrogen-bond donors (Lipinski definition) is 0. The molecule has 4 heteroatoms. The number of halogens is 1. The third kappa shape index (κ3) is 3.01. The second kappa shape index (κ2) is 5.23. The van der Waals surface area contributed by atoms with Crippen LogP contribution in [0.5, 0.6) is 11.5 Å². The highest BCUT2D eigenvalue weighted by Gasteiger charge is 2.03. The van der Waals surface area contributed by atoms with Crippen LogP contribution in [-0.2, 0) is 5.88 Å². The Bertz CT molecular complexity index is 476. The predicted molar refractivity (Wildman–Crippen MR) is 68.7 cm³/mol. The van der Waals surface area contributed by atoms with Gasteiger partial charge in [0.25, 0.3) is 0 Å². The molecule has 1 heterocycles. The van der Waals surface area contributed by atoms with Gasteiger partial charge >= 0.3 is 0 Å². The van der Waals surface area contributed by atoms with Gasteiger partial charge in [-0.25, -0.2) is 0 Å². The summed E-state index contributed by atoms with van der Waals surface area (Å²) in [6.45, 7) is 4.15. The van der Waals surface area contributed by atoms with Crippen molar-refractivity contribution in [1.82, 2.24) is 9.78 Å². The van der Waals surface area contributed by atoms with Crippen molar-refractivity contribution < 1.29 is 4.74 Å². The highest BCUT2D eigenvalue weighted by Crippen LogP contribution is 2.22. The largest absolute Gasteiger partial charge is 0.454 e. The number of hydrogen-bond acceptors (Lipinski definition) is 2. The van der Waals surface area contributed by atoms with Gasteiger partial charge in [-0.3, -0.25) is 4.68 Å². The predicted octanol–water partition coefficient (Wildman–Crippen LogP) is 4.00. The van der Waals surface area contributed by atoms with Crippen molar-refractivity contribution in [3.8, 4) is 11.5 Å². The minimum Gasteiger partial charge on any atom is -0.454 e. The topological polar surface area (TPSA) is 27.1 Å². The normalized spacial score (nSPS) is 10.8. The maximum absolute atomic E-state index is 5.72. The van der Waals surface area contributed by atoms with Gasteiger partial charge in [0, 0.05) is 11.9 Å². The van der Waals surface area contributed by atoms with Crippen molar-refractivity contribution in [2.75, 3.05) is 0 Å². The molecule has 0 aliphatic heterocycles. The maximum Gasteiger partial charge on any atom is 0.165 e. The van der Waals surface area contributed by atoms with Crippen molar-refractivity contribution in [2.45, 2.75) is 25.8 Å². The third-order valence-electron chi connectivity index (χ3n) is 2.42. The first-order valence-corrected chi connectivity index (χ1v) is 6.09. The summed E-state index contributed by atoms with van der Waals surface area (Å²) in [4.78, 5) is 0. The van der Waals surface area contributed by atoms with E-state index < -0.39 is 0 Å². The van der Waals surface area contributed by atoms with Crippen LogP contribution in [0, 0.1) is 0 Å². The van der Waals surface area contributed by atoms with Gasteiger partial charge in [0.1, 0.15) is 5.75 Å². The number of benzene rings is 1. The molecule has 0 fully saturated rings. The van der Waals surface area contributed by atoms with Crippen LogP contribution >= 0.6 is 11.6 Å². The van der Waals surface area contributed by atoms with E-state index in [2.05, 4.69) is 18.9 Å². The molecule has 0 amide bonds. The molecule has 0 radical (unpaired) electrons. The molecule has 90 valence electrons. The number of aromatic nitrogens is 2. The number of alkyl halides is 1. The Morgan fingerprint density at radius 3 is 2.47 bits per heavy atom. The van der Waals surface area contributed by atoms with Crippen molar-refractivity contribution in [3.05, 3.63) is 42.2 Å². The van der Waals surface area contributed by atoms with Gasteiger partial charge in [0.05, 0.1) is 12.4 Å². The van der Waals surface area contributed by atoms with Crippen LogP contribution in [-0.4, -0.2) is 9.78 Å². The summed E-state index contributed by atoms with van der Waals surface area (Å²) in [7, 11) is 0. The molecule has 0 bridgehead atoms. The van der Waals surface area contributed by atoms with Crippen molar-refractivity contribution in [1.29, 1.82) is 0 Å². The van der Waals surface area contributed by atoms with E-state index in [1.165, 1.54) is 0 Å². The van der Waals surface area contributed by atoms with Gasteiger partial charge in [-0.15, -0.1) is 11.6 Å². The van der Waals surface area contributed by atoms with E-state index in [-0.39, 0.29) is 0 Å². The van der Waals surface area contributed by atoms with Crippen molar-refractivity contribution in [3.63, 3.8) is 0 Å². The summed E-state index contributed by atoms with van der Waals surface area (Å²) in [6.07, 6.45) is 3.61. The molecule has 2 aromatic rings. The molecular weight excluding hydrogens is 236 g/mol. The lowest BCUT2D eigenvalue weighted by Crippen LogP contribution is -1.99. The highest BCUT2D eigenvalue weighted by atomic mass is 35.5. The lowest BCUT2D eigenvalue weighted by Gasteiger charge is -2.04. The van der Waals surface area contributed by atoms with E-state index >= 15 is 0 Å². The van der Waals surface area contributed by atoms with Crippen LogP contribution in [0.3, 0.4) is 0 Å². The second-order valence-corrected chi connectivity index (χ2v) is 4.40. The van der Waals surface area contributed by atoms with E-state index in [0.29, 0.717) is 11.9 Å². The molecule has 2 rings (SSSR count). The van der Waals surface area contributed by atoms with Crippen molar-refractivity contribution in [2.24, 2.45) is 0 Å². The smallest absolute Gasteiger partial charge is 0.165 e. The summed E-state index contributed by atoms with van der Waals surface area (Å²) in [6, 6.07) is 8.06. The Balaban J connectivity index is 2.08. The lowest BCUT2D eigenvalue weighted by atomic mass is 10.2. The average molecular weight is 251 g/mol. The molecule has 0 aliphatic rings. The van der Waals surface area contributed by atoms with Crippen LogP contribution in [0.1, 0.15) is 25.5 Å². The SMILES string of the molecule is CC(C)n1cc(Oc2ccc(CCl)cc2)cn1. The van der Waals surface area contributed by atoms with Gasteiger partial charge < -0.3 is 4.74 Å². The zero-order valence-corrected chi connectivity index (χ0v) is 10.7. The van der Waals surface area contributed by atoms with Crippen LogP contribution in [0.25, 0.3) is 0 Å². The third-order valence-corrected chi connectivity index (χ3v) is 2.73. The van der Waals surface area contributed by atoms with Crippen LogP contribution in [0.15, 0.2) is 36.7 Å². The molecule has 0 atom stereocenters. The Hall–Kier alpha value is -1.48. The second-order valence-electron chi connectivity index (χ2n) is 4.13. The summed E-state index contributed by atoms with van der Waals surface area (Å²) in [5.41, 5.74) is 1.08. The molecule has 3 nitrogen and oxygen atoms in total. The Morgan fingerprint density at radius 1 is 1.24 bits per heavy atom. The fourth-order valence-corrected chi connectivity index (χ4v) is 1.62. The van der Waals surface area contributed by atoms with E-state index in [9.17, 15) is 0 Å². The number of rotatable bonds is 4. The Kier molecular flexibility index (Phi) is 3.69. The first-order valence-electron chi connectivity index (χ1n) is 5.56. The van der Waals surface area contributed by atoms with Crippen LogP contribution in [0.2, 0.25) is 0 Å². The summed E-state index contributed by atoms with van der Waals surface area (Å²) < 4.78 is 7.55. The average Bonchev–Trinajstić information content (AvgIpc) is 2.79. The molecule has 0 saturated heterocycles. The molecule has 1 aromatic heterocycles. The van der Waals surface area contributed by atoms with E-state index in [0.717, 1.165) is 17.1 Å². The Labute approximate surface area is 106 Å². The van der Waals surface area contributed by atoms with Gasteiger partial charge in [0.2, 0.25) is 0 Å². The zero-order chi connectivity index (χ0) is 12.3. The maximum atomic E-state index is 5.72. The van der Waals surface area contributed by atoms with Gasteiger partial charge in [-0.05, 0) is 31.5 Å². The molecule has 0 aliphatic carbocycles. The molecule has 0 unspecified atom stereocenters. The molecule has 0 N–H and O–H groups in total. The van der Waals surface area contributed by atoms with E-state index in [1.54, 1.807) is 6.20 Å². The quantitative estimate of drug-likeness (QED) is 0.767. The zero-order valence-electron chi connectivity index (χ0n) is 9.93. The molecule has 0 spiro atoms. The van der Waals surface area contributed by atoms with Gasteiger partial charge in [-0.1, -0.05) is 12.1 Å². The van der Waals surface area contributed by atoms with E-state index in [1.807, 2.05) is 35.1 Å². The summed E-state index contributed by atoms with van der Waals surface area (Å²) in [5, 5.41) is 4.22. The summed E-state index contributed by atoms with van der Waals surface area (Å²) >= 11 is 5.72. The summed E-state index contributed by atoms with van der Waals surface area (Å²) in [5.74, 6) is 2.06. The highest BCUT2D eigenvalue weighted by molar-refractivity contribution is 6.17. The Morgan fingerprint density at radius 2 is 1.94 bits per heavy atom. The van der Waals surface area contributed by atoms with E-state index in [4.69, 9.17) is 16.3 Å². The number of nitrogens with zero attached hydrogens (tertiary/aromatic N) is 2. The monoisotopic (exact) mass is 250 g/mol. The lowest BCUT2D eigenvalue weighted by molar-refractivity contribution is 0.477. The van der Waals surface area contributed by atoms with Crippen LogP contribution < -0.4 is 4.74 Å². The fraction of sp³-hybridized carbons (Fsp3) is 0.308. The van der Waals surface area contributed by atoms with Crippen molar-refractivity contribution >= 4 is 11.6 Å². The minimum atomic E-state index is 0.339. The number of ether oxygens (including phenoxy) is 1. The minimum absolute atomic E-state index is 0.339. The molecule has 17 heavy (non-hydrogen) atoms. The first-order chi connectivity index (χ1) is 8.19. The molecular formula is C13H15ClN2O. The van der Waals surface area contributed by atoms with Gasteiger partial charge in [-0.2, -0.15) is 5.10 Å².